The molecule has 0 radical (unpaired) electrons. The van der Waals surface area contributed by atoms with E-state index in [1.54, 1.807) is 0 Å². The Hall–Kier alpha value is -1.59. The summed E-state index contributed by atoms with van der Waals surface area (Å²) in [5, 5.41) is 2.15. The fourth-order valence-corrected chi connectivity index (χ4v) is 5.34. The molecule has 0 aliphatic carbocycles. The molecule has 1 amide bonds. The number of benzene rings is 1. The van der Waals surface area contributed by atoms with Crippen molar-refractivity contribution in [1.82, 2.24) is 4.31 Å². The monoisotopic (exact) mass is 382 g/mol. The van der Waals surface area contributed by atoms with Gasteiger partial charge in [-0.2, -0.15) is 4.31 Å². The predicted octanol–water partition coefficient (Wildman–Crippen LogP) is 0.352. The van der Waals surface area contributed by atoms with Crippen molar-refractivity contribution in [3.05, 3.63) is 29.8 Å². The van der Waals surface area contributed by atoms with Crippen molar-refractivity contribution in [3.63, 3.8) is 0 Å². The summed E-state index contributed by atoms with van der Waals surface area (Å²) >= 11 is 0. The fraction of sp³-hybridized carbons (Fsp3) is 0.462. The van der Waals surface area contributed by atoms with Crippen molar-refractivity contribution in [1.29, 1.82) is 0 Å². The molecule has 0 saturated carbocycles. The minimum absolute atomic E-state index is 0.0909. The van der Waals surface area contributed by atoms with E-state index in [2.05, 4.69) is 5.32 Å². The minimum atomic E-state index is -3.85. The molecule has 1 aromatic carbocycles. The van der Waals surface area contributed by atoms with Crippen LogP contribution in [0.15, 0.2) is 18.2 Å². The van der Waals surface area contributed by atoms with Gasteiger partial charge in [0.1, 0.15) is 11.6 Å². The molecular weight excluding hydrogens is 366 g/mol. The zero-order valence-electron chi connectivity index (χ0n) is 12.7. The molecule has 11 heteroatoms. The second-order valence-electron chi connectivity index (χ2n) is 5.54. The maximum absolute atomic E-state index is 13.5. The highest BCUT2D eigenvalue weighted by atomic mass is 32.2. The van der Waals surface area contributed by atoms with Gasteiger partial charge in [-0.15, -0.1) is 0 Å². The minimum Gasteiger partial charge on any atom is -0.322 e. The Morgan fingerprint density at radius 1 is 1.38 bits per heavy atom. The molecule has 1 aliphatic rings. The van der Waals surface area contributed by atoms with E-state index in [0.717, 1.165) is 22.7 Å². The number of halogens is 2. The number of hydrogen-bond acceptors (Lipinski definition) is 5. The molecule has 1 atom stereocenters. The highest BCUT2D eigenvalue weighted by Crippen LogP contribution is 2.21. The van der Waals surface area contributed by atoms with Gasteiger partial charge in [-0.1, -0.05) is 0 Å². The highest BCUT2D eigenvalue weighted by Gasteiger charge is 2.37. The van der Waals surface area contributed by atoms with Crippen LogP contribution in [0, 0.1) is 11.6 Å². The summed E-state index contributed by atoms with van der Waals surface area (Å²) in [6.07, 6.45) is 0.956. The SMILES string of the molecule is CS(=O)(=O)N(CC(=O)Nc1ccc(F)cc1F)C1CCS(=O)(=O)C1. The molecule has 0 bridgehead atoms. The standard InChI is InChI=1S/C13H16F2N2O5S2/c1-23(19,20)17(10-4-5-24(21,22)8-10)7-13(18)16-12-3-2-9(14)6-11(12)15/h2-3,6,10H,4-5,7-8H2,1H3,(H,16,18). The number of nitrogens with zero attached hydrogens (tertiary/aromatic N) is 1. The molecule has 1 fully saturated rings. The third kappa shape index (κ3) is 4.71. The summed E-state index contributed by atoms with van der Waals surface area (Å²) in [7, 11) is -7.19. The summed E-state index contributed by atoms with van der Waals surface area (Å²) in [5.74, 6) is -3.19. The van der Waals surface area contributed by atoms with E-state index in [1.807, 2.05) is 0 Å². The Morgan fingerprint density at radius 3 is 2.54 bits per heavy atom. The second-order valence-corrected chi connectivity index (χ2v) is 9.70. The van der Waals surface area contributed by atoms with Crippen LogP contribution in [-0.2, 0) is 24.7 Å². The zero-order valence-corrected chi connectivity index (χ0v) is 14.3. The largest absolute Gasteiger partial charge is 0.322 e. The zero-order chi connectivity index (χ0) is 18.1. The lowest BCUT2D eigenvalue weighted by Crippen LogP contribution is -2.45. The van der Waals surface area contributed by atoms with Gasteiger partial charge in [0.2, 0.25) is 15.9 Å². The van der Waals surface area contributed by atoms with Crippen LogP contribution in [0.1, 0.15) is 6.42 Å². The quantitative estimate of drug-likeness (QED) is 0.792. The number of rotatable bonds is 5. The van der Waals surface area contributed by atoms with Crippen LogP contribution < -0.4 is 5.32 Å². The summed E-state index contributed by atoms with van der Waals surface area (Å²) in [6, 6.07) is 1.69. The lowest BCUT2D eigenvalue weighted by atomic mass is 10.2. The molecule has 1 saturated heterocycles. The van der Waals surface area contributed by atoms with Gasteiger partial charge < -0.3 is 5.32 Å². The maximum atomic E-state index is 13.5. The van der Waals surface area contributed by atoms with Gasteiger partial charge in [0, 0.05) is 12.1 Å². The van der Waals surface area contributed by atoms with E-state index in [9.17, 15) is 30.4 Å². The van der Waals surface area contributed by atoms with Crippen LogP contribution in [0.25, 0.3) is 0 Å². The smallest absolute Gasteiger partial charge is 0.239 e. The van der Waals surface area contributed by atoms with Gasteiger partial charge in [0.05, 0.1) is 30.0 Å². The molecule has 0 aromatic heterocycles. The Balaban J connectivity index is 2.14. The molecule has 134 valence electrons. The molecule has 7 nitrogen and oxygen atoms in total. The van der Waals surface area contributed by atoms with E-state index < -0.39 is 50.0 Å². The van der Waals surface area contributed by atoms with E-state index in [1.165, 1.54) is 0 Å². The second kappa shape index (κ2) is 6.73. The van der Waals surface area contributed by atoms with E-state index >= 15 is 0 Å². The van der Waals surface area contributed by atoms with Gasteiger partial charge >= 0.3 is 0 Å². The molecule has 1 heterocycles. The highest BCUT2D eigenvalue weighted by molar-refractivity contribution is 7.92. The van der Waals surface area contributed by atoms with Crippen LogP contribution in [0.2, 0.25) is 0 Å². The third-order valence-corrected chi connectivity index (χ3v) is 6.58. The van der Waals surface area contributed by atoms with Crippen LogP contribution in [-0.4, -0.2) is 57.4 Å². The number of carbonyl (C=O) groups is 1. The lowest BCUT2D eigenvalue weighted by molar-refractivity contribution is -0.116. The molecule has 0 spiro atoms. The predicted molar refractivity (Wildman–Crippen MR) is 83.6 cm³/mol. The summed E-state index contributed by atoms with van der Waals surface area (Å²) in [6.45, 7) is -0.657. The van der Waals surface area contributed by atoms with Gasteiger partial charge in [-0.3, -0.25) is 4.79 Å². The maximum Gasteiger partial charge on any atom is 0.239 e. The first-order chi connectivity index (χ1) is 11.0. The molecule has 2 rings (SSSR count). The van der Waals surface area contributed by atoms with E-state index in [0.29, 0.717) is 6.07 Å². The molecule has 1 unspecified atom stereocenters. The lowest BCUT2D eigenvalue weighted by Gasteiger charge is -2.24. The topological polar surface area (TPSA) is 101 Å². The Bertz CT molecular complexity index is 855. The summed E-state index contributed by atoms with van der Waals surface area (Å²) < 4.78 is 73.9. The molecular formula is C13H16F2N2O5S2. The number of hydrogen-bond donors (Lipinski definition) is 1. The molecule has 1 aliphatic heterocycles. The number of sulfone groups is 1. The number of amides is 1. The normalized spacial score (nSPS) is 20.2. The van der Waals surface area contributed by atoms with Gasteiger partial charge in [-0.25, -0.2) is 25.6 Å². The summed E-state index contributed by atoms with van der Waals surface area (Å²) in [4.78, 5) is 12.0. The van der Waals surface area contributed by atoms with Gasteiger partial charge in [-0.05, 0) is 18.6 Å². The number of nitrogens with one attached hydrogen (secondary N) is 1. The summed E-state index contributed by atoms with van der Waals surface area (Å²) in [5.41, 5.74) is -0.297. The van der Waals surface area contributed by atoms with Crippen molar-refractivity contribution >= 4 is 31.5 Å². The number of sulfonamides is 1. The first-order valence-corrected chi connectivity index (χ1v) is 10.6. The van der Waals surface area contributed by atoms with Crippen molar-refractivity contribution in [2.45, 2.75) is 12.5 Å². The fourth-order valence-electron chi connectivity index (χ4n) is 2.44. The molecule has 1 N–H and O–H groups in total. The molecule has 24 heavy (non-hydrogen) atoms. The first kappa shape index (κ1) is 18.7. The van der Waals surface area contributed by atoms with Gasteiger partial charge in [0.15, 0.2) is 9.84 Å². The first-order valence-electron chi connectivity index (χ1n) is 6.90. The Kier molecular flexibility index (Phi) is 5.25. The van der Waals surface area contributed by atoms with Crippen molar-refractivity contribution in [2.75, 3.05) is 29.6 Å². The number of anilines is 1. The van der Waals surface area contributed by atoms with Crippen LogP contribution in [0.3, 0.4) is 0 Å². The van der Waals surface area contributed by atoms with Crippen LogP contribution in [0.4, 0.5) is 14.5 Å². The number of carbonyl (C=O) groups excluding carboxylic acids is 1. The van der Waals surface area contributed by atoms with Crippen molar-refractivity contribution in [3.8, 4) is 0 Å². The average molecular weight is 382 g/mol. The Labute approximate surface area is 138 Å². The van der Waals surface area contributed by atoms with E-state index in [-0.39, 0.29) is 23.6 Å². The van der Waals surface area contributed by atoms with Crippen LogP contribution in [0.5, 0.6) is 0 Å². The van der Waals surface area contributed by atoms with Crippen molar-refractivity contribution < 1.29 is 30.4 Å². The third-order valence-electron chi connectivity index (χ3n) is 3.55. The Morgan fingerprint density at radius 2 is 2.04 bits per heavy atom. The van der Waals surface area contributed by atoms with Crippen molar-refractivity contribution in [2.24, 2.45) is 0 Å². The average Bonchev–Trinajstić information content (AvgIpc) is 2.78. The van der Waals surface area contributed by atoms with Gasteiger partial charge in [0.25, 0.3) is 0 Å². The molecule has 1 aromatic rings. The van der Waals surface area contributed by atoms with Crippen LogP contribution >= 0.6 is 0 Å². The van der Waals surface area contributed by atoms with E-state index in [4.69, 9.17) is 0 Å².